The fraction of sp³-hybridized carbons (Fsp3) is 0.632. The van der Waals surface area contributed by atoms with Crippen LogP contribution in [-0.2, 0) is 4.79 Å². The standard InChI is InChI=1S/C19H28F2N4O/c1-2-23-8-10-24(11-9-23)14-19(26)25-7-3-4-16(13-25)22-15-5-6-17(20)18(21)12-15/h5-6,12,16,22H,2-4,7-11,13-14H2,1H3/t16-/m1/s1. The van der Waals surface area contributed by atoms with Gasteiger partial charge in [0, 0.05) is 57.1 Å². The molecule has 0 unspecified atom stereocenters. The fourth-order valence-electron chi connectivity index (χ4n) is 3.70. The molecule has 7 heteroatoms. The molecule has 2 heterocycles. The monoisotopic (exact) mass is 366 g/mol. The Morgan fingerprint density at radius 2 is 1.85 bits per heavy atom. The number of likely N-dealkylation sites (N-methyl/N-ethyl adjacent to an activating group) is 1. The number of halogens is 2. The van der Waals surface area contributed by atoms with E-state index in [1.54, 1.807) is 0 Å². The Hall–Kier alpha value is -1.73. The van der Waals surface area contributed by atoms with Crippen molar-refractivity contribution in [2.75, 3.05) is 57.7 Å². The third kappa shape index (κ3) is 4.92. The van der Waals surface area contributed by atoms with E-state index < -0.39 is 11.6 Å². The van der Waals surface area contributed by atoms with E-state index in [0.717, 1.165) is 58.2 Å². The molecule has 0 spiro atoms. The van der Waals surface area contributed by atoms with Crippen LogP contribution in [0.4, 0.5) is 14.5 Å². The van der Waals surface area contributed by atoms with E-state index in [9.17, 15) is 13.6 Å². The first kappa shape index (κ1) is 19.0. The number of carbonyl (C=O) groups excluding carboxylic acids is 1. The number of rotatable bonds is 5. The molecular weight excluding hydrogens is 338 g/mol. The molecule has 2 saturated heterocycles. The molecule has 1 amide bonds. The molecule has 0 aromatic heterocycles. The normalized spacial score (nSPS) is 22.4. The summed E-state index contributed by atoms with van der Waals surface area (Å²) < 4.78 is 26.4. The van der Waals surface area contributed by atoms with Gasteiger partial charge in [-0.25, -0.2) is 8.78 Å². The summed E-state index contributed by atoms with van der Waals surface area (Å²) in [5, 5.41) is 3.23. The Morgan fingerprint density at radius 3 is 2.54 bits per heavy atom. The fourth-order valence-corrected chi connectivity index (χ4v) is 3.70. The van der Waals surface area contributed by atoms with Gasteiger partial charge in [0.1, 0.15) is 0 Å². The van der Waals surface area contributed by atoms with Gasteiger partial charge in [-0.1, -0.05) is 6.92 Å². The largest absolute Gasteiger partial charge is 0.380 e. The van der Waals surface area contributed by atoms with Crippen LogP contribution in [0.15, 0.2) is 18.2 Å². The van der Waals surface area contributed by atoms with Crippen LogP contribution in [0.5, 0.6) is 0 Å². The number of hydrogen-bond acceptors (Lipinski definition) is 4. The van der Waals surface area contributed by atoms with Crippen molar-refractivity contribution >= 4 is 11.6 Å². The van der Waals surface area contributed by atoms with E-state index >= 15 is 0 Å². The molecular formula is C19H28F2N4O. The number of piperazine rings is 1. The summed E-state index contributed by atoms with van der Waals surface area (Å²) in [6.45, 7) is 8.97. The molecule has 5 nitrogen and oxygen atoms in total. The number of carbonyl (C=O) groups is 1. The van der Waals surface area contributed by atoms with E-state index in [0.29, 0.717) is 18.8 Å². The van der Waals surface area contributed by atoms with Crippen molar-refractivity contribution in [1.82, 2.24) is 14.7 Å². The van der Waals surface area contributed by atoms with Crippen LogP contribution in [0, 0.1) is 11.6 Å². The van der Waals surface area contributed by atoms with Crippen LogP contribution in [0.2, 0.25) is 0 Å². The van der Waals surface area contributed by atoms with Gasteiger partial charge in [-0.2, -0.15) is 0 Å². The molecule has 1 atom stereocenters. The van der Waals surface area contributed by atoms with Crippen LogP contribution in [-0.4, -0.2) is 79.0 Å². The van der Waals surface area contributed by atoms with Gasteiger partial charge in [0.15, 0.2) is 11.6 Å². The maximum atomic E-state index is 13.4. The van der Waals surface area contributed by atoms with Crippen LogP contribution in [0.1, 0.15) is 19.8 Å². The van der Waals surface area contributed by atoms with Gasteiger partial charge < -0.3 is 15.1 Å². The zero-order valence-electron chi connectivity index (χ0n) is 15.4. The average molecular weight is 366 g/mol. The SMILES string of the molecule is CCN1CCN(CC(=O)N2CCC[C@@H](Nc3ccc(F)c(F)c3)C2)CC1. The lowest BCUT2D eigenvalue weighted by molar-refractivity contribution is -0.133. The predicted octanol–water partition coefficient (Wildman–Crippen LogP) is 2.01. The van der Waals surface area contributed by atoms with Crippen LogP contribution >= 0.6 is 0 Å². The molecule has 0 aliphatic carbocycles. The van der Waals surface area contributed by atoms with Gasteiger partial charge in [0.2, 0.25) is 5.91 Å². The molecule has 0 saturated carbocycles. The Kier molecular flexibility index (Phi) is 6.43. The average Bonchev–Trinajstić information content (AvgIpc) is 2.65. The zero-order valence-corrected chi connectivity index (χ0v) is 15.4. The number of amides is 1. The third-order valence-electron chi connectivity index (χ3n) is 5.34. The predicted molar refractivity (Wildman–Crippen MR) is 98.1 cm³/mol. The summed E-state index contributed by atoms with van der Waals surface area (Å²) in [5.74, 6) is -1.55. The van der Waals surface area contributed by atoms with E-state index in [1.807, 2.05) is 4.90 Å². The second-order valence-electron chi connectivity index (χ2n) is 7.16. The minimum atomic E-state index is -0.857. The maximum Gasteiger partial charge on any atom is 0.236 e. The Bertz CT molecular complexity index is 620. The number of hydrogen-bond donors (Lipinski definition) is 1. The lowest BCUT2D eigenvalue weighted by Gasteiger charge is -2.37. The first-order valence-electron chi connectivity index (χ1n) is 9.49. The van der Waals surface area contributed by atoms with Gasteiger partial charge >= 0.3 is 0 Å². The Labute approximate surface area is 153 Å². The Balaban J connectivity index is 1.49. The van der Waals surface area contributed by atoms with Gasteiger partial charge in [0.05, 0.1) is 6.54 Å². The van der Waals surface area contributed by atoms with Crippen molar-refractivity contribution in [3.8, 4) is 0 Å². The minimum absolute atomic E-state index is 0.0644. The van der Waals surface area contributed by atoms with Crippen LogP contribution in [0.25, 0.3) is 0 Å². The van der Waals surface area contributed by atoms with Crippen LogP contribution < -0.4 is 5.32 Å². The summed E-state index contributed by atoms with van der Waals surface area (Å²) in [7, 11) is 0. The second kappa shape index (κ2) is 8.77. The van der Waals surface area contributed by atoms with Gasteiger partial charge in [-0.15, -0.1) is 0 Å². The highest BCUT2D eigenvalue weighted by Gasteiger charge is 2.26. The highest BCUT2D eigenvalue weighted by atomic mass is 19.2. The zero-order chi connectivity index (χ0) is 18.5. The highest BCUT2D eigenvalue weighted by molar-refractivity contribution is 5.78. The first-order valence-corrected chi connectivity index (χ1v) is 9.49. The van der Waals surface area contributed by atoms with Crippen molar-refractivity contribution in [2.24, 2.45) is 0 Å². The quantitative estimate of drug-likeness (QED) is 0.865. The minimum Gasteiger partial charge on any atom is -0.380 e. The number of nitrogens with one attached hydrogen (secondary N) is 1. The van der Waals surface area contributed by atoms with E-state index in [1.165, 1.54) is 12.1 Å². The van der Waals surface area contributed by atoms with Crippen molar-refractivity contribution in [1.29, 1.82) is 0 Å². The number of nitrogens with zero attached hydrogens (tertiary/aromatic N) is 3. The molecule has 1 aromatic carbocycles. The lowest BCUT2D eigenvalue weighted by Crippen LogP contribution is -2.52. The highest BCUT2D eigenvalue weighted by Crippen LogP contribution is 2.19. The van der Waals surface area contributed by atoms with Crippen molar-refractivity contribution in [3.63, 3.8) is 0 Å². The molecule has 2 fully saturated rings. The molecule has 144 valence electrons. The second-order valence-corrected chi connectivity index (χ2v) is 7.16. The van der Waals surface area contributed by atoms with E-state index in [2.05, 4.69) is 22.0 Å². The molecule has 2 aliphatic heterocycles. The lowest BCUT2D eigenvalue weighted by atomic mass is 10.0. The Morgan fingerprint density at radius 1 is 1.12 bits per heavy atom. The van der Waals surface area contributed by atoms with Crippen molar-refractivity contribution in [2.45, 2.75) is 25.8 Å². The van der Waals surface area contributed by atoms with Crippen molar-refractivity contribution in [3.05, 3.63) is 29.8 Å². The van der Waals surface area contributed by atoms with Gasteiger partial charge in [-0.3, -0.25) is 9.69 Å². The molecule has 0 bridgehead atoms. The molecule has 0 radical (unpaired) electrons. The smallest absolute Gasteiger partial charge is 0.236 e. The topological polar surface area (TPSA) is 38.8 Å². The summed E-state index contributed by atoms with van der Waals surface area (Å²) in [6.07, 6.45) is 1.83. The molecule has 26 heavy (non-hydrogen) atoms. The maximum absolute atomic E-state index is 13.4. The van der Waals surface area contributed by atoms with Gasteiger partial charge in [0.25, 0.3) is 0 Å². The summed E-state index contributed by atoms with van der Waals surface area (Å²) in [5.41, 5.74) is 0.555. The summed E-state index contributed by atoms with van der Waals surface area (Å²) in [4.78, 5) is 19.2. The van der Waals surface area contributed by atoms with Crippen molar-refractivity contribution < 1.29 is 13.6 Å². The first-order chi connectivity index (χ1) is 12.5. The van der Waals surface area contributed by atoms with Crippen LogP contribution in [0.3, 0.4) is 0 Å². The third-order valence-corrected chi connectivity index (χ3v) is 5.34. The van der Waals surface area contributed by atoms with E-state index in [-0.39, 0.29) is 11.9 Å². The molecule has 1 N–H and O–H groups in total. The summed E-state index contributed by atoms with van der Waals surface area (Å²) in [6, 6.07) is 3.89. The van der Waals surface area contributed by atoms with E-state index in [4.69, 9.17) is 0 Å². The summed E-state index contributed by atoms with van der Waals surface area (Å²) >= 11 is 0. The molecule has 3 rings (SSSR count). The molecule has 2 aliphatic rings. The number of piperidine rings is 1. The number of anilines is 1. The van der Waals surface area contributed by atoms with Gasteiger partial charge in [-0.05, 0) is 31.5 Å². The number of benzene rings is 1. The molecule has 1 aromatic rings. The number of likely N-dealkylation sites (tertiary alicyclic amines) is 1.